The number of H-pyrrole nitrogens is 1. The van der Waals surface area contributed by atoms with Crippen molar-refractivity contribution < 1.29 is 28.8 Å². The van der Waals surface area contributed by atoms with Crippen LogP contribution in [0.3, 0.4) is 0 Å². The molecule has 0 aliphatic heterocycles. The normalized spacial score (nSPS) is 14.0. The minimum atomic E-state index is -1.23. The first-order chi connectivity index (χ1) is 28.8. The Hall–Kier alpha value is -6.29. The summed E-state index contributed by atoms with van der Waals surface area (Å²) >= 11 is 0. The Kier molecular flexibility index (Phi) is 17.8. The fourth-order valence-corrected chi connectivity index (χ4v) is 6.90. The Morgan fingerprint density at radius 2 is 1.15 bits per heavy atom. The zero-order valence-corrected chi connectivity index (χ0v) is 35.1. The van der Waals surface area contributed by atoms with Gasteiger partial charge in [-0.15, -0.1) is 12.4 Å². The van der Waals surface area contributed by atoms with E-state index in [1.807, 2.05) is 72.8 Å². The van der Waals surface area contributed by atoms with Crippen molar-refractivity contribution in [2.24, 2.45) is 17.2 Å². The third-order valence-corrected chi connectivity index (χ3v) is 10.3. The number of hydrogen-bond acceptors (Lipinski definition) is 8. The predicted molar refractivity (Wildman–Crippen MR) is 238 cm³/mol. The Labute approximate surface area is 361 Å². The highest BCUT2D eigenvalue weighted by Gasteiger charge is 2.32. The molecule has 5 aromatic rings. The molecule has 12 N–H and O–H groups in total. The van der Waals surface area contributed by atoms with Crippen LogP contribution in [0.5, 0.6) is 0 Å². The Bertz CT molecular complexity index is 2280. The van der Waals surface area contributed by atoms with E-state index in [0.717, 1.165) is 38.4 Å². The maximum absolute atomic E-state index is 14.3. The van der Waals surface area contributed by atoms with E-state index in [-0.39, 0.29) is 38.1 Å². The summed E-state index contributed by atoms with van der Waals surface area (Å²) in [5, 5.41) is 16.5. The molecule has 1 aromatic heterocycles. The molecular formula is C45H56ClN9O6. The molecular weight excluding hydrogens is 798 g/mol. The van der Waals surface area contributed by atoms with Crippen molar-refractivity contribution >= 4 is 69.5 Å². The molecule has 0 bridgehead atoms. The summed E-state index contributed by atoms with van der Waals surface area (Å²) in [5.41, 5.74) is 20.2. The van der Waals surface area contributed by atoms with Gasteiger partial charge in [0.15, 0.2) is 0 Å². The lowest BCUT2D eigenvalue weighted by Gasteiger charge is -2.26. The molecule has 0 saturated carbocycles. The number of aromatic nitrogens is 1. The molecule has 15 nitrogen and oxygen atoms in total. The number of carbonyl (C=O) groups excluding carboxylic acids is 6. The van der Waals surface area contributed by atoms with Gasteiger partial charge in [-0.05, 0) is 73.2 Å². The van der Waals surface area contributed by atoms with Gasteiger partial charge in [-0.1, -0.05) is 91.0 Å². The van der Waals surface area contributed by atoms with Crippen LogP contribution in [0.1, 0.15) is 49.8 Å². The fourth-order valence-electron chi connectivity index (χ4n) is 6.90. The molecule has 0 saturated heterocycles. The highest BCUT2D eigenvalue weighted by atomic mass is 35.5. The lowest BCUT2D eigenvalue weighted by molar-refractivity contribution is -0.134. The third-order valence-electron chi connectivity index (χ3n) is 10.3. The molecule has 0 unspecified atom stereocenters. The van der Waals surface area contributed by atoms with Crippen LogP contribution >= 0.6 is 12.4 Å². The van der Waals surface area contributed by atoms with Crippen LogP contribution in [0.4, 0.5) is 0 Å². The largest absolute Gasteiger partial charge is 0.368 e. The van der Waals surface area contributed by atoms with E-state index in [9.17, 15) is 28.8 Å². The summed E-state index contributed by atoms with van der Waals surface area (Å²) in [6.07, 6.45) is 3.39. The van der Waals surface area contributed by atoms with Gasteiger partial charge in [-0.2, -0.15) is 0 Å². The first-order valence-electron chi connectivity index (χ1n) is 20.2. The lowest BCUT2D eigenvalue weighted by Crippen LogP contribution is -2.59. The van der Waals surface area contributed by atoms with Gasteiger partial charge in [0, 0.05) is 36.4 Å². The van der Waals surface area contributed by atoms with Crippen LogP contribution in [0.25, 0.3) is 21.7 Å². The quantitative estimate of drug-likeness (QED) is 0.0494. The Balaban J connectivity index is 0.00000819. The van der Waals surface area contributed by atoms with Crippen molar-refractivity contribution in [2.75, 3.05) is 6.54 Å². The maximum atomic E-state index is 14.3. The molecule has 0 aliphatic rings. The van der Waals surface area contributed by atoms with Crippen LogP contribution in [-0.4, -0.2) is 83.2 Å². The number of aromatic amines is 1. The van der Waals surface area contributed by atoms with Crippen LogP contribution < -0.4 is 43.8 Å². The second-order valence-corrected chi connectivity index (χ2v) is 15.1. The van der Waals surface area contributed by atoms with Gasteiger partial charge < -0.3 is 48.8 Å². The van der Waals surface area contributed by atoms with E-state index < -0.39 is 71.7 Å². The van der Waals surface area contributed by atoms with Crippen LogP contribution in [0, 0.1) is 0 Å². The molecule has 1 heterocycles. The molecule has 6 amide bonds. The predicted octanol–water partition coefficient (Wildman–Crippen LogP) is 2.18. The van der Waals surface area contributed by atoms with Crippen molar-refractivity contribution in [3.8, 4) is 0 Å². The number of nitrogens with two attached hydrogens (primary N) is 3. The number of carbonyl (C=O) groups is 6. The number of benzene rings is 4. The molecule has 0 radical (unpaired) electrons. The number of primary amides is 1. The molecule has 4 aromatic carbocycles. The summed E-state index contributed by atoms with van der Waals surface area (Å²) in [5.74, 6) is -3.90. The van der Waals surface area contributed by atoms with Gasteiger partial charge in [-0.3, -0.25) is 28.8 Å². The van der Waals surface area contributed by atoms with Gasteiger partial charge in [0.2, 0.25) is 35.4 Å². The summed E-state index contributed by atoms with van der Waals surface area (Å²) in [7, 11) is 0. The number of hydrogen-bond donors (Lipinski definition) is 9. The van der Waals surface area contributed by atoms with Crippen LogP contribution in [0.2, 0.25) is 0 Å². The second-order valence-electron chi connectivity index (χ2n) is 15.1. The summed E-state index contributed by atoms with van der Waals surface area (Å²) in [4.78, 5) is 84.2. The number of nitrogens with one attached hydrogen (secondary N) is 6. The molecule has 61 heavy (non-hydrogen) atoms. The molecule has 16 heteroatoms. The molecule has 0 spiro atoms. The van der Waals surface area contributed by atoms with Crippen molar-refractivity contribution in [3.05, 3.63) is 120 Å². The van der Waals surface area contributed by atoms with Gasteiger partial charge >= 0.3 is 0 Å². The van der Waals surface area contributed by atoms with E-state index in [0.29, 0.717) is 19.4 Å². The second kappa shape index (κ2) is 22.9. The first kappa shape index (κ1) is 47.4. The standard InChI is InChI=1S/C45H55N9O6.ClH/c1-27(47)41(56)52-38(24-30-19-20-31-14-6-7-15-32(31)22-30)43(58)50-28(2)42(57)53-39(25-33-26-49-35-17-9-8-16-34(33)35)45(60)54-37(23-29-12-4-3-5-13-29)44(59)51-36(40(48)55)18-10-11-21-46;/h3-9,12-17,19-20,22,26-28,36-39,49H,10-11,18,21,23-25,46-47H2,1-2H3,(H2,48,55)(H,50,58)(H,51,59)(H,52,56)(H,53,57)(H,54,60);1H/t27-,28+,36+,37-,38-,39+;/m1./s1. The molecule has 6 atom stereocenters. The van der Waals surface area contributed by atoms with E-state index in [4.69, 9.17) is 17.2 Å². The summed E-state index contributed by atoms with van der Waals surface area (Å²) in [6, 6.07) is 23.4. The Morgan fingerprint density at radius 3 is 1.82 bits per heavy atom. The number of rotatable bonds is 21. The molecule has 5 rings (SSSR count). The van der Waals surface area contributed by atoms with Crippen LogP contribution in [-0.2, 0) is 48.0 Å². The molecule has 324 valence electrons. The minimum Gasteiger partial charge on any atom is -0.368 e. The zero-order valence-electron chi connectivity index (χ0n) is 34.3. The zero-order chi connectivity index (χ0) is 43.2. The average molecular weight is 854 g/mol. The van der Waals surface area contributed by atoms with Gasteiger partial charge in [0.1, 0.15) is 30.2 Å². The van der Waals surface area contributed by atoms with Crippen molar-refractivity contribution in [2.45, 2.75) is 88.6 Å². The fraction of sp³-hybridized carbons (Fsp3) is 0.333. The number of fused-ring (bicyclic) bond motifs is 2. The van der Waals surface area contributed by atoms with E-state index in [2.05, 4.69) is 31.6 Å². The number of unbranched alkanes of at least 4 members (excludes halogenated alkanes) is 1. The van der Waals surface area contributed by atoms with Crippen LogP contribution in [0.15, 0.2) is 103 Å². The monoisotopic (exact) mass is 853 g/mol. The maximum Gasteiger partial charge on any atom is 0.243 e. The van der Waals surface area contributed by atoms with Crippen molar-refractivity contribution in [1.29, 1.82) is 0 Å². The first-order valence-corrected chi connectivity index (χ1v) is 20.2. The SMILES string of the molecule is C[C@H](NC(=O)[C@@H](Cc1ccc2ccccc2c1)NC(=O)[C@@H](C)N)C(=O)N[C@@H](Cc1c[nH]c2ccccc12)C(=O)N[C@H](Cc1ccccc1)C(=O)N[C@@H](CCCCN)C(N)=O.Cl. The lowest BCUT2D eigenvalue weighted by atomic mass is 10.0. The average Bonchev–Trinajstić information content (AvgIpc) is 3.65. The van der Waals surface area contributed by atoms with E-state index in [1.165, 1.54) is 13.8 Å². The Morgan fingerprint density at radius 1 is 0.590 bits per heavy atom. The van der Waals surface area contributed by atoms with Gasteiger partial charge in [-0.25, -0.2) is 0 Å². The van der Waals surface area contributed by atoms with Gasteiger partial charge in [0.25, 0.3) is 0 Å². The summed E-state index contributed by atoms with van der Waals surface area (Å²) in [6.45, 7) is 3.38. The van der Waals surface area contributed by atoms with Crippen molar-refractivity contribution in [3.63, 3.8) is 0 Å². The summed E-state index contributed by atoms with van der Waals surface area (Å²) < 4.78 is 0. The molecule has 0 aliphatic carbocycles. The van der Waals surface area contributed by atoms with E-state index >= 15 is 0 Å². The smallest absolute Gasteiger partial charge is 0.243 e. The minimum absolute atomic E-state index is 0. The number of para-hydroxylation sites is 1. The highest BCUT2D eigenvalue weighted by Crippen LogP contribution is 2.20. The van der Waals surface area contributed by atoms with E-state index in [1.54, 1.807) is 30.5 Å². The van der Waals surface area contributed by atoms with Gasteiger partial charge in [0.05, 0.1) is 6.04 Å². The number of halogens is 1. The van der Waals surface area contributed by atoms with Crippen molar-refractivity contribution in [1.82, 2.24) is 31.6 Å². The highest BCUT2D eigenvalue weighted by molar-refractivity contribution is 5.97. The molecule has 0 fully saturated rings. The third kappa shape index (κ3) is 13.6. The topological polar surface area (TPSA) is 256 Å². The number of amides is 6.